The number of fused-ring (bicyclic) bond motifs is 1. The van der Waals surface area contributed by atoms with Crippen LogP contribution < -0.4 is 14.4 Å². The van der Waals surface area contributed by atoms with Crippen molar-refractivity contribution in [3.8, 4) is 11.5 Å². The number of hydrogen-bond donors (Lipinski definition) is 0. The second kappa shape index (κ2) is 10.1. The average Bonchev–Trinajstić information content (AvgIpc) is 2.74. The van der Waals surface area contributed by atoms with Crippen LogP contribution in [0.4, 0.5) is 11.5 Å². The van der Waals surface area contributed by atoms with E-state index in [9.17, 15) is 0 Å². The van der Waals surface area contributed by atoms with Gasteiger partial charge in [-0.25, -0.2) is 9.97 Å². The second-order valence-corrected chi connectivity index (χ2v) is 7.15. The lowest BCUT2D eigenvalue weighted by Crippen LogP contribution is -2.20. The highest BCUT2D eigenvalue weighted by molar-refractivity contribution is 5.91. The maximum Gasteiger partial charge on any atom is 0.163 e. The Hall–Kier alpha value is -2.82. The first-order chi connectivity index (χ1) is 14.2. The number of rotatable bonds is 10. The number of aryl methyl sites for hydroxylation is 1. The summed E-state index contributed by atoms with van der Waals surface area (Å²) in [6.45, 7) is 7.86. The van der Waals surface area contributed by atoms with Crippen LogP contribution in [0.2, 0.25) is 0 Å². The first kappa shape index (κ1) is 20.9. The van der Waals surface area contributed by atoms with Crippen LogP contribution in [0, 0.1) is 6.92 Å². The van der Waals surface area contributed by atoms with E-state index < -0.39 is 0 Å². The van der Waals surface area contributed by atoms with Crippen LogP contribution in [0.5, 0.6) is 11.5 Å². The summed E-state index contributed by atoms with van der Waals surface area (Å²) < 4.78 is 11.5. The number of nitrogens with zero attached hydrogens (tertiary/aromatic N) is 3. The van der Waals surface area contributed by atoms with Gasteiger partial charge in [-0.1, -0.05) is 38.8 Å². The van der Waals surface area contributed by atoms with Gasteiger partial charge >= 0.3 is 0 Å². The van der Waals surface area contributed by atoms with Crippen LogP contribution in [0.15, 0.2) is 42.5 Å². The van der Waals surface area contributed by atoms with E-state index in [0.717, 1.165) is 72.0 Å². The number of hydrogen-bond acceptors (Lipinski definition) is 5. The van der Waals surface area contributed by atoms with Crippen molar-refractivity contribution in [2.24, 2.45) is 0 Å². The van der Waals surface area contributed by atoms with Crippen LogP contribution in [0.3, 0.4) is 0 Å². The van der Waals surface area contributed by atoms with Gasteiger partial charge < -0.3 is 14.4 Å². The third-order valence-electron chi connectivity index (χ3n) is 4.90. The number of aromatic nitrogens is 2. The lowest BCUT2D eigenvalue weighted by Gasteiger charge is -2.26. The molecule has 1 aromatic heterocycles. The molecular weight excluding hydrogens is 362 g/mol. The standard InChI is InChI=1S/C24H31N3O2/c1-5-7-15-27(24-20-11-9-10-12-21(20)25-18(3)26-24)19-13-14-22(28-4)23(17-19)29-16-8-6-2/h9-14,17H,5-8,15-16H2,1-4H3. The average molecular weight is 394 g/mol. The molecule has 5 heteroatoms. The molecule has 0 unspecified atom stereocenters. The first-order valence-electron chi connectivity index (χ1n) is 10.5. The van der Waals surface area contributed by atoms with Crippen molar-refractivity contribution >= 4 is 22.4 Å². The molecule has 5 nitrogen and oxygen atoms in total. The van der Waals surface area contributed by atoms with Crippen molar-refractivity contribution in [3.63, 3.8) is 0 Å². The Morgan fingerprint density at radius 2 is 1.72 bits per heavy atom. The summed E-state index contributed by atoms with van der Waals surface area (Å²) in [6, 6.07) is 14.3. The van der Waals surface area contributed by atoms with E-state index in [0.29, 0.717) is 6.61 Å². The lowest BCUT2D eigenvalue weighted by molar-refractivity contribution is 0.288. The predicted octanol–water partition coefficient (Wildman–Crippen LogP) is 6.06. The van der Waals surface area contributed by atoms with E-state index >= 15 is 0 Å². The van der Waals surface area contributed by atoms with E-state index in [1.807, 2.05) is 31.2 Å². The summed E-state index contributed by atoms with van der Waals surface area (Å²) in [6.07, 6.45) is 4.28. The fourth-order valence-electron chi connectivity index (χ4n) is 3.32. The van der Waals surface area contributed by atoms with Gasteiger partial charge in [-0.3, -0.25) is 0 Å². The van der Waals surface area contributed by atoms with Crippen molar-refractivity contribution in [3.05, 3.63) is 48.3 Å². The van der Waals surface area contributed by atoms with Crippen molar-refractivity contribution in [2.45, 2.75) is 46.5 Å². The summed E-state index contributed by atoms with van der Waals surface area (Å²) in [7, 11) is 1.68. The van der Waals surface area contributed by atoms with Crippen LogP contribution in [0.25, 0.3) is 10.9 Å². The third-order valence-corrected chi connectivity index (χ3v) is 4.90. The van der Waals surface area contributed by atoms with Gasteiger partial charge in [-0.2, -0.15) is 0 Å². The molecule has 0 amide bonds. The molecule has 29 heavy (non-hydrogen) atoms. The van der Waals surface area contributed by atoms with Crippen LogP contribution >= 0.6 is 0 Å². The summed E-state index contributed by atoms with van der Waals surface area (Å²) >= 11 is 0. The van der Waals surface area contributed by atoms with E-state index in [1.165, 1.54) is 0 Å². The SMILES string of the molecule is CCCCOc1cc(N(CCCC)c2nc(C)nc3ccccc23)ccc1OC. The molecule has 3 rings (SSSR count). The highest BCUT2D eigenvalue weighted by atomic mass is 16.5. The van der Waals surface area contributed by atoms with Gasteiger partial charge in [0.2, 0.25) is 0 Å². The number of anilines is 2. The van der Waals surface area contributed by atoms with Crippen molar-refractivity contribution in [1.82, 2.24) is 9.97 Å². The number of methoxy groups -OCH3 is 1. The van der Waals surface area contributed by atoms with Crippen molar-refractivity contribution < 1.29 is 9.47 Å². The number of unbranched alkanes of at least 4 members (excludes halogenated alkanes) is 2. The van der Waals surface area contributed by atoms with Gasteiger partial charge in [0.15, 0.2) is 11.5 Å². The predicted molar refractivity (Wildman–Crippen MR) is 120 cm³/mol. The lowest BCUT2D eigenvalue weighted by atomic mass is 10.1. The molecule has 0 fully saturated rings. The van der Waals surface area contributed by atoms with E-state index in [-0.39, 0.29) is 0 Å². The molecule has 1 heterocycles. The van der Waals surface area contributed by atoms with Crippen LogP contribution in [-0.4, -0.2) is 30.2 Å². The van der Waals surface area contributed by atoms with Crippen LogP contribution in [-0.2, 0) is 0 Å². The van der Waals surface area contributed by atoms with Gasteiger partial charge in [0.1, 0.15) is 11.6 Å². The summed E-state index contributed by atoms with van der Waals surface area (Å²) in [5, 5.41) is 1.05. The van der Waals surface area contributed by atoms with E-state index in [1.54, 1.807) is 7.11 Å². The monoisotopic (exact) mass is 393 g/mol. The van der Waals surface area contributed by atoms with Gasteiger partial charge in [0.25, 0.3) is 0 Å². The zero-order valence-electron chi connectivity index (χ0n) is 17.9. The molecule has 0 aliphatic heterocycles. The normalized spacial score (nSPS) is 10.9. The zero-order chi connectivity index (χ0) is 20.6. The molecule has 0 atom stereocenters. The van der Waals surface area contributed by atoms with Crippen LogP contribution in [0.1, 0.15) is 45.4 Å². The molecule has 0 aliphatic rings. The molecule has 0 bridgehead atoms. The fourth-order valence-corrected chi connectivity index (χ4v) is 3.32. The summed E-state index contributed by atoms with van der Waals surface area (Å²) in [5.74, 6) is 3.23. The second-order valence-electron chi connectivity index (χ2n) is 7.15. The summed E-state index contributed by atoms with van der Waals surface area (Å²) in [4.78, 5) is 11.7. The Morgan fingerprint density at radius 1 is 0.931 bits per heavy atom. The Labute approximate surface area is 173 Å². The van der Waals surface area contributed by atoms with Gasteiger partial charge in [0, 0.05) is 23.7 Å². The van der Waals surface area contributed by atoms with E-state index in [4.69, 9.17) is 14.5 Å². The molecule has 0 saturated carbocycles. The molecule has 0 saturated heterocycles. The number of ether oxygens (including phenoxy) is 2. The number of benzene rings is 2. The molecule has 0 N–H and O–H groups in total. The minimum absolute atomic E-state index is 0.681. The maximum absolute atomic E-state index is 6.03. The quantitative estimate of drug-likeness (QED) is 0.392. The fraction of sp³-hybridized carbons (Fsp3) is 0.417. The topological polar surface area (TPSA) is 47.5 Å². The smallest absolute Gasteiger partial charge is 0.163 e. The first-order valence-corrected chi connectivity index (χ1v) is 10.5. The highest BCUT2D eigenvalue weighted by Crippen LogP contribution is 2.36. The minimum atomic E-state index is 0.681. The Bertz CT molecular complexity index is 943. The van der Waals surface area contributed by atoms with Gasteiger partial charge in [-0.15, -0.1) is 0 Å². The van der Waals surface area contributed by atoms with Crippen molar-refractivity contribution in [1.29, 1.82) is 0 Å². The zero-order valence-corrected chi connectivity index (χ0v) is 17.9. The Kier molecular flexibility index (Phi) is 7.28. The molecule has 154 valence electrons. The van der Waals surface area contributed by atoms with Gasteiger partial charge in [0.05, 0.1) is 19.2 Å². The molecule has 2 aromatic carbocycles. The Morgan fingerprint density at radius 3 is 2.48 bits per heavy atom. The number of para-hydroxylation sites is 1. The Balaban J connectivity index is 2.07. The maximum atomic E-state index is 6.03. The highest BCUT2D eigenvalue weighted by Gasteiger charge is 2.17. The molecule has 0 spiro atoms. The summed E-state index contributed by atoms with van der Waals surface area (Å²) in [5.41, 5.74) is 2.01. The molecule has 0 aliphatic carbocycles. The van der Waals surface area contributed by atoms with Crippen molar-refractivity contribution in [2.75, 3.05) is 25.2 Å². The molecule has 0 radical (unpaired) electrons. The molecule has 3 aromatic rings. The largest absolute Gasteiger partial charge is 0.493 e. The minimum Gasteiger partial charge on any atom is -0.493 e. The van der Waals surface area contributed by atoms with E-state index in [2.05, 4.69) is 41.9 Å². The molecular formula is C24H31N3O2. The van der Waals surface area contributed by atoms with Gasteiger partial charge in [-0.05, 0) is 44.0 Å². The third kappa shape index (κ3) is 4.97.